The minimum absolute atomic E-state index is 0.189. The standard InChI is InChI=1S/C14H16N2O3S2/c1-9-5-6-11(15)8-12(9)16-14(17)10(2)21(18,19)13-4-3-7-20-13/h3-8,10H,15H2,1-2H3,(H,16,17). The van der Waals surface area contributed by atoms with Gasteiger partial charge in [-0.1, -0.05) is 12.1 Å². The fourth-order valence-electron chi connectivity index (χ4n) is 1.75. The maximum absolute atomic E-state index is 12.3. The lowest BCUT2D eigenvalue weighted by atomic mass is 10.2. The summed E-state index contributed by atoms with van der Waals surface area (Å²) in [5.74, 6) is -0.572. The van der Waals surface area contributed by atoms with Crippen molar-refractivity contribution in [3.05, 3.63) is 41.3 Å². The smallest absolute Gasteiger partial charge is 0.242 e. The maximum atomic E-state index is 12.3. The Kier molecular flexibility index (Phi) is 4.34. The molecule has 0 aliphatic heterocycles. The third-order valence-corrected chi connectivity index (χ3v) is 6.62. The SMILES string of the molecule is Cc1ccc(N)cc1NC(=O)C(C)S(=O)(=O)c1cccs1. The summed E-state index contributed by atoms with van der Waals surface area (Å²) >= 11 is 1.10. The summed E-state index contributed by atoms with van der Waals surface area (Å²) in [5, 5.41) is 3.12. The molecule has 7 heteroatoms. The number of rotatable bonds is 4. The van der Waals surface area contributed by atoms with Crippen molar-refractivity contribution in [2.24, 2.45) is 0 Å². The van der Waals surface area contributed by atoms with Gasteiger partial charge in [-0.05, 0) is 43.0 Å². The quantitative estimate of drug-likeness (QED) is 0.845. The number of anilines is 2. The summed E-state index contributed by atoms with van der Waals surface area (Å²) in [6.45, 7) is 3.19. The fourth-order valence-corrected chi connectivity index (χ4v) is 4.29. The van der Waals surface area contributed by atoms with Gasteiger partial charge < -0.3 is 11.1 Å². The molecule has 0 aliphatic rings. The number of nitrogens with two attached hydrogens (primary N) is 1. The second kappa shape index (κ2) is 5.87. The Bertz CT molecular complexity index is 753. The van der Waals surface area contributed by atoms with E-state index in [9.17, 15) is 13.2 Å². The molecular weight excluding hydrogens is 308 g/mol. The Morgan fingerprint density at radius 3 is 2.67 bits per heavy atom. The number of nitrogen functional groups attached to an aromatic ring is 1. The third-order valence-electron chi connectivity index (χ3n) is 3.13. The van der Waals surface area contributed by atoms with Gasteiger partial charge in [0.15, 0.2) is 9.84 Å². The molecule has 5 nitrogen and oxygen atoms in total. The van der Waals surface area contributed by atoms with Crippen molar-refractivity contribution < 1.29 is 13.2 Å². The van der Waals surface area contributed by atoms with Crippen LogP contribution in [0, 0.1) is 6.92 Å². The molecule has 1 heterocycles. The Hall–Kier alpha value is -1.86. The van der Waals surface area contributed by atoms with Crippen molar-refractivity contribution in [2.75, 3.05) is 11.1 Å². The number of amides is 1. The number of aryl methyl sites for hydroxylation is 1. The van der Waals surface area contributed by atoms with Gasteiger partial charge in [-0.2, -0.15) is 0 Å². The van der Waals surface area contributed by atoms with E-state index < -0.39 is 21.0 Å². The highest BCUT2D eigenvalue weighted by Gasteiger charge is 2.30. The van der Waals surface area contributed by atoms with Crippen LogP contribution in [0.5, 0.6) is 0 Å². The molecule has 2 rings (SSSR count). The van der Waals surface area contributed by atoms with Gasteiger partial charge in [0.25, 0.3) is 0 Å². The van der Waals surface area contributed by atoms with Crippen LogP contribution in [-0.2, 0) is 14.6 Å². The molecule has 0 saturated heterocycles. The molecule has 1 aromatic heterocycles. The van der Waals surface area contributed by atoms with Crippen molar-refractivity contribution in [1.29, 1.82) is 0 Å². The van der Waals surface area contributed by atoms with E-state index in [1.165, 1.54) is 13.0 Å². The first-order valence-electron chi connectivity index (χ1n) is 6.27. The summed E-state index contributed by atoms with van der Waals surface area (Å²) in [4.78, 5) is 12.2. The van der Waals surface area contributed by atoms with E-state index in [4.69, 9.17) is 5.73 Å². The van der Waals surface area contributed by atoms with Crippen molar-refractivity contribution in [2.45, 2.75) is 23.3 Å². The molecule has 0 radical (unpaired) electrons. The minimum Gasteiger partial charge on any atom is -0.399 e. The van der Waals surface area contributed by atoms with Gasteiger partial charge in [-0.25, -0.2) is 8.42 Å². The molecule has 0 saturated carbocycles. The van der Waals surface area contributed by atoms with Crippen LogP contribution in [0.4, 0.5) is 11.4 Å². The first kappa shape index (κ1) is 15.5. The number of sulfone groups is 1. The molecule has 1 aromatic carbocycles. The number of thiophene rings is 1. The summed E-state index contributed by atoms with van der Waals surface area (Å²) < 4.78 is 24.8. The summed E-state index contributed by atoms with van der Waals surface area (Å²) in [6, 6.07) is 8.23. The summed E-state index contributed by atoms with van der Waals surface area (Å²) in [6.07, 6.45) is 0. The zero-order valence-electron chi connectivity index (χ0n) is 11.7. The van der Waals surface area contributed by atoms with E-state index >= 15 is 0 Å². The molecule has 1 amide bonds. The van der Waals surface area contributed by atoms with Crippen molar-refractivity contribution >= 4 is 38.5 Å². The summed E-state index contributed by atoms with van der Waals surface area (Å²) in [7, 11) is -3.66. The van der Waals surface area contributed by atoms with Gasteiger partial charge in [0.2, 0.25) is 5.91 Å². The third kappa shape index (κ3) is 3.25. The second-order valence-corrected chi connectivity index (χ2v) is 8.13. The Labute approximate surface area is 127 Å². The van der Waals surface area contributed by atoms with Gasteiger partial charge >= 0.3 is 0 Å². The maximum Gasteiger partial charge on any atom is 0.242 e. The normalized spacial score (nSPS) is 12.9. The lowest BCUT2D eigenvalue weighted by Gasteiger charge is -2.14. The van der Waals surface area contributed by atoms with Crippen LogP contribution in [0.1, 0.15) is 12.5 Å². The van der Waals surface area contributed by atoms with E-state index in [2.05, 4.69) is 5.32 Å². The van der Waals surface area contributed by atoms with E-state index in [1.807, 2.05) is 6.92 Å². The topological polar surface area (TPSA) is 89.3 Å². The molecule has 0 bridgehead atoms. The van der Waals surface area contributed by atoms with E-state index in [0.29, 0.717) is 11.4 Å². The number of nitrogens with one attached hydrogen (secondary N) is 1. The lowest BCUT2D eigenvalue weighted by Crippen LogP contribution is -2.32. The van der Waals surface area contributed by atoms with E-state index in [-0.39, 0.29) is 4.21 Å². The van der Waals surface area contributed by atoms with Crippen molar-refractivity contribution in [1.82, 2.24) is 0 Å². The second-order valence-electron chi connectivity index (χ2n) is 4.68. The molecule has 3 N–H and O–H groups in total. The first-order chi connectivity index (χ1) is 9.82. The molecule has 0 aliphatic carbocycles. The zero-order valence-corrected chi connectivity index (χ0v) is 13.3. The van der Waals surface area contributed by atoms with E-state index in [1.54, 1.807) is 29.6 Å². The fraction of sp³-hybridized carbons (Fsp3) is 0.214. The number of carbonyl (C=O) groups excluding carboxylic acids is 1. The van der Waals surface area contributed by atoms with Gasteiger partial charge in [0, 0.05) is 11.4 Å². The molecule has 1 atom stereocenters. The lowest BCUT2D eigenvalue weighted by molar-refractivity contribution is -0.115. The van der Waals surface area contributed by atoms with Crippen LogP contribution < -0.4 is 11.1 Å². The Morgan fingerprint density at radius 1 is 1.33 bits per heavy atom. The zero-order chi connectivity index (χ0) is 15.6. The van der Waals surface area contributed by atoms with Crippen LogP contribution in [0.2, 0.25) is 0 Å². The monoisotopic (exact) mass is 324 g/mol. The highest BCUT2D eigenvalue weighted by Crippen LogP contribution is 2.23. The number of benzene rings is 1. The minimum atomic E-state index is -3.66. The van der Waals surface area contributed by atoms with Crippen molar-refractivity contribution in [3.63, 3.8) is 0 Å². The highest BCUT2D eigenvalue weighted by molar-refractivity contribution is 7.94. The van der Waals surface area contributed by atoms with E-state index in [0.717, 1.165) is 16.9 Å². The summed E-state index contributed by atoms with van der Waals surface area (Å²) in [5.41, 5.74) is 7.52. The molecule has 2 aromatic rings. The highest BCUT2D eigenvalue weighted by atomic mass is 32.2. The van der Waals surface area contributed by atoms with Crippen LogP contribution in [-0.4, -0.2) is 19.6 Å². The molecular formula is C14H16N2O3S2. The number of hydrogen-bond donors (Lipinski definition) is 2. The average Bonchev–Trinajstić information content (AvgIpc) is 2.96. The van der Waals surface area contributed by atoms with Gasteiger partial charge in [-0.15, -0.1) is 11.3 Å². The molecule has 21 heavy (non-hydrogen) atoms. The molecule has 1 unspecified atom stereocenters. The van der Waals surface area contributed by atoms with Gasteiger partial charge in [0.1, 0.15) is 9.46 Å². The number of hydrogen-bond acceptors (Lipinski definition) is 5. The molecule has 0 fully saturated rings. The number of carbonyl (C=O) groups is 1. The Morgan fingerprint density at radius 2 is 2.05 bits per heavy atom. The van der Waals surface area contributed by atoms with Crippen LogP contribution in [0.25, 0.3) is 0 Å². The van der Waals surface area contributed by atoms with Gasteiger partial charge in [-0.3, -0.25) is 4.79 Å². The molecule has 112 valence electrons. The molecule has 0 spiro atoms. The van der Waals surface area contributed by atoms with Crippen LogP contribution in [0.3, 0.4) is 0 Å². The Balaban J connectivity index is 2.22. The first-order valence-corrected chi connectivity index (χ1v) is 8.69. The van der Waals surface area contributed by atoms with Crippen LogP contribution >= 0.6 is 11.3 Å². The predicted molar refractivity (Wildman–Crippen MR) is 85.2 cm³/mol. The largest absolute Gasteiger partial charge is 0.399 e. The van der Waals surface area contributed by atoms with Gasteiger partial charge in [0.05, 0.1) is 0 Å². The predicted octanol–water partition coefficient (Wildman–Crippen LogP) is 2.44. The van der Waals surface area contributed by atoms with Crippen LogP contribution in [0.15, 0.2) is 39.9 Å². The van der Waals surface area contributed by atoms with Crippen molar-refractivity contribution in [3.8, 4) is 0 Å². The average molecular weight is 324 g/mol.